The van der Waals surface area contributed by atoms with E-state index in [2.05, 4.69) is 27.8 Å². The maximum Gasteiger partial charge on any atom is 0.212 e. The van der Waals surface area contributed by atoms with Gasteiger partial charge in [0.1, 0.15) is 17.7 Å². The minimum Gasteiger partial charge on any atom is -0.489 e. The monoisotopic (exact) mass is 420 g/mol. The van der Waals surface area contributed by atoms with Crippen LogP contribution in [0.5, 0.6) is 5.75 Å². The maximum absolute atomic E-state index is 6.19. The molecule has 5 rings (SSSR count). The van der Waals surface area contributed by atoms with Crippen LogP contribution in [0, 0.1) is 0 Å². The van der Waals surface area contributed by atoms with Gasteiger partial charge in [-0.3, -0.25) is 0 Å². The molecule has 29 heavy (non-hydrogen) atoms. The smallest absolute Gasteiger partial charge is 0.212 e. The quantitative estimate of drug-likeness (QED) is 0.460. The second kappa shape index (κ2) is 7.81. The van der Waals surface area contributed by atoms with Crippen LogP contribution in [0.25, 0.3) is 11.4 Å². The highest BCUT2D eigenvalue weighted by molar-refractivity contribution is 7.99. The van der Waals surface area contributed by atoms with E-state index in [0.29, 0.717) is 11.6 Å². The van der Waals surface area contributed by atoms with Crippen LogP contribution < -0.4 is 10.2 Å². The van der Waals surface area contributed by atoms with Crippen molar-refractivity contribution >= 4 is 23.4 Å². The molecule has 1 aliphatic rings. The first kappa shape index (κ1) is 18.1. The summed E-state index contributed by atoms with van der Waals surface area (Å²) in [5.74, 6) is 1.56. The number of hydrogen-bond donors (Lipinski definition) is 1. The second-order valence-electron chi connectivity index (χ2n) is 6.58. The van der Waals surface area contributed by atoms with Crippen molar-refractivity contribution in [3.05, 3.63) is 95.0 Å². The average molecular weight is 421 g/mol. The molecule has 0 saturated heterocycles. The summed E-state index contributed by atoms with van der Waals surface area (Å²) in [4.78, 5) is 0. The van der Waals surface area contributed by atoms with Crippen molar-refractivity contribution in [3.8, 4) is 17.1 Å². The lowest BCUT2D eigenvalue weighted by Gasteiger charge is -2.12. The third kappa shape index (κ3) is 3.69. The van der Waals surface area contributed by atoms with Gasteiger partial charge in [-0.05, 0) is 35.9 Å². The molecule has 4 aromatic rings. The summed E-state index contributed by atoms with van der Waals surface area (Å²) in [6, 6.07) is 25.8. The number of rotatable bonds is 5. The topological polar surface area (TPSA) is 52.0 Å². The van der Waals surface area contributed by atoms with E-state index in [9.17, 15) is 0 Å². The predicted molar refractivity (Wildman–Crippen MR) is 116 cm³/mol. The van der Waals surface area contributed by atoms with E-state index in [0.717, 1.165) is 27.9 Å². The fourth-order valence-electron chi connectivity index (χ4n) is 3.15. The van der Waals surface area contributed by atoms with Crippen molar-refractivity contribution in [1.82, 2.24) is 14.9 Å². The molecule has 5 nitrogen and oxygen atoms in total. The summed E-state index contributed by atoms with van der Waals surface area (Å²) in [6.45, 7) is 0.427. The molecule has 0 spiro atoms. The zero-order valence-corrected chi connectivity index (χ0v) is 16.9. The Morgan fingerprint density at radius 3 is 2.48 bits per heavy atom. The normalized spacial score (nSPS) is 15.0. The predicted octanol–water partition coefficient (Wildman–Crippen LogP) is 5.53. The number of thioether (sulfide) groups is 1. The van der Waals surface area contributed by atoms with Crippen molar-refractivity contribution in [1.29, 1.82) is 0 Å². The lowest BCUT2D eigenvalue weighted by molar-refractivity contribution is 0.306. The van der Waals surface area contributed by atoms with E-state index in [1.165, 1.54) is 5.56 Å². The largest absolute Gasteiger partial charge is 0.489 e. The van der Waals surface area contributed by atoms with Crippen LogP contribution in [0.1, 0.15) is 16.5 Å². The van der Waals surface area contributed by atoms with Gasteiger partial charge in [0.25, 0.3) is 0 Å². The fourth-order valence-corrected chi connectivity index (χ4v) is 4.33. The zero-order chi connectivity index (χ0) is 19.6. The van der Waals surface area contributed by atoms with E-state index in [1.807, 2.05) is 71.4 Å². The van der Waals surface area contributed by atoms with E-state index in [1.54, 1.807) is 11.8 Å². The second-order valence-corrected chi connectivity index (χ2v) is 8.06. The molecule has 3 aromatic carbocycles. The van der Waals surface area contributed by atoms with Crippen LogP contribution in [0.4, 0.5) is 0 Å². The molecule has 7 heteroatoms. The molecule has 0 saturated carbocycles. The molecular weight excluding hydrogens is 404 g/mol. The van der Waals surface area contributed by atoms with Gasteiger partial charge in [0.05, 0.1) is 0 Å². The van der Waals surface area contributed by atoms with Crippen LogP contribution in [0.15, 0.2) is 84.0 Å². The summed E-state index contributed by atoms with van der Waals surface area (Å²) in [7, 11) is 0. The molecule has 144 valence electrons. The minimum atomic E-state index is 0.124. The van der Waals surface area contributed by atoms with Gasteiger partial charge >= 0.3 is 0 Å². The number of ether oxygens (including phenoxy) is 1. The molecule has 1 N–H and O–H groups in total. The highest BCUT2D eigenvalue weighted by Gasteiger charge is 2.27. The lowest BCUT2D eigenvalue weighted by atomic mass is 10.2. The van der Waals surface area contributed by atoms with Crippen LogP contribution in [0.3, 0.4) is 0 Å². The molecule has 0 amide bonds. The standard InChI is InChI=1S/C22H17ClN4OS/c23-19-9-5-4-8-17(19)14-28-18-12-10-15(11-13-18)20-24-25-22-27(20)26-21(29-22)16-6-2-1-3-7-16/h1-13,21,26H,14H2. The van der Waals surface area contributed by atoms with Crippen LogP contribution in [-0.2, 0) is 6.61 Å². The summed E-state index contributed by atoms with van der Waals surface area (Å²) in [5, 5.41) is 10.4. The molecule has 0 fully saturated rings. The molecule has 1 atom stereocenters. The van der Waals surface area contributed by atoms with E-state index in [4.69, 9.17) is 16.3 Å². The Labute approximate surface area is 177 Å². The number of fused-ring (bicyclic) bond motifs is 1. The van der Waals surface area contributed by atoms with E-state index < -0.39 is 0 Å². The summed E-state index contributed by atoms with van der Waals surface area (Å²) in [5.41, 5.74) is 6.61. The van der Waals surface area contributed by atoms with Crippen LogP contribution >= 0.6 is 23.4 Å². The third-order valence-electron chi connectivity index (χ3n) is 4.67. The Hall–Kier alpha value is -2.96. The number of nitrogens with one attached hydrogen (secondary N) is 1. The van der Waals surface area contributed by atoms with Crippen molar-refractivity contribution < 1.29 is 4.74 Å². The maximum atomic E-state index is 6.19. The number of aromatic nitrogens is 3. The zero-order valence-electron chi connectivity index (χ0n) is 15.3. The average Bonchev–Trinajstić information content (AvgIpc) is 3.35. The summed E-state index contributed by atoms with van der Waals surface area (Å²) >= 11 is 7.84. The number of benzene rings is 3. The first-order valence-corrected chi connectivity index (χ1v) is 10.4. The molecular formula is C22H17ClN4OS. The molecule has 1 aromatic heterocycles. The highest BCUT2D eigenvalue weighted by atomic mass is 35.5. The molecule has 0 bridgehead atoms. The number of hydrogen-bond acceptors (Lipinski definition) is 5. The van der Waals surface area contributed by atoms with Gasteiger partial charge in [0.2, 0.25) is 5.16 Å². The van der Waals surface area contributed by atoms with Gasteiger partial charge in [0.15, 0.2) is 5.82 Å². The van der Waals surface area contributed by atoms with Gasteiger partial charge in [-0.1, -0.05) is 71.9 Å². The van der Waals surface area contributed by atoms with Crippen LogP contribution in [-0.4, -0.2) is 14.9 Å². The van der Waals surface area contributed by atoms with Gasteiger partial charge in [-0.2, -0.15) is 0 Å². The molecule has 1 aliphatic heterocycles. The lowest BCUT2D eigenvalue weighted by Crippen LogP contribution is -2.13. The van der Waals surface area contributed by atoms with Crippen molar-refractivity contribution in [2.45, 2.75) is 17.1 Å². The van der Waals surface area contributed by atoms with Crippen molar-refractivity contribution in [3.63, 3.8) is 0 Å². The first-order valence-electron chi connectivity index (χ1n) is 9.18. The van der Waals surface area contributed by atoms with Crippen molar-refractivity contribution in [2.24, 2.45) is 0 Å². The van der Waals surface area contributed by atoms with Gasteiger partial charge in [-0.25, -0.2) is 4.68 Å². The molecule has 0 radical (unpaired) electrons. The van der Waals surface area contributed by atoms with E-state index in [-0.39, 0.29) is 5.37 Å². The minimum absolute atomic E-state index is 0.124. The number of halogens is 1. The molecule has 0 aliphatic carbocycles. The molecule has 2 heterocycles. The SMILES string of the molecule is Clc1ccccc1COc1ccc(-c2nnc3n2NC(c2ccccc2)S3)cc1. The summed E-state index contributed by atoms with van der Waals surface area (Å²) in [6.07, 6.45) is 0. The Morgan fingerprint density at radius 2 is 1.69 bits per heavy atom. The first-order chi connectivity index (χ1) is 14.3. The Morgan fingerprint density at radius 1 is 0.931 bits per heavy atom. The Bertz CT molecular complexity index is 1130. The van der Waals surface area contributed by atoms with Gasteiger partial charge in [-0.15, -0.1) is 10.2 Å². The van der Waals surface area contributed by atoms with Crippen molar-refractivity contribution in [2.75, 3.05) is 5.43 Å². The summed E-state index contributed by atoms with van der Waals surface area (Å²) < 4.78 is 7.81. The Kier molecular flexibility index (Phi) is 4.87. The fraction of sp³-hybridized carbons (Fsp3) is 0.0909. The molecule has 1 unspecified atom stereocenters. The third-order valence-corrected chi connectivity index (χ3v) is 6.13. The van der Waals surface area contributed by atoms with Gasteiger partial charge in [0, 0.05) is 16.1 Å². The van der Waals surface area contributed by atoms with Gasteiger partial charge < -0.3 is 10.2 Å². The highest BCUT2D eigenvalue weighted by Crippen LogP contribution is 2.40. The van der Waals surface area contributed by atoms with E-state index >= 15 is 0 Å². The van der Waals surface area contributed by atoms with Crippen LogP contribution in [0.2, 0.25) is 5.02 Å². The Balaban J connectivity index is 1.30. The number of nitrogens with zero attached hydrogens (tertiary/aromatic N) is 3.